The van der Waals surface area contributed by atoms with E-state index in [-0.39, 0.29) is 29.3 Å². The van der Waals surface area contributed by atoms with Crippen molar-refractivity contribution in [1.29, 1.82) is 0 Å². The van der Waals surface area contributed by atoms with E-state index >= 15 is 0 Å². The van der Waals surface area contributed by atoms with Gasteiger partial charge in [0.1, 0.15) is 5.69 Å². The number of nitrogens with zero attached hydrogens (tertiary/aromatic N) is 2. The predicted octanol–water partition coefficient (Wildman–Crippen LogP) is 5.09. The highest BCUT2D eigenvalue weighted by Gasteiger charge is 2.29. The Kier molecular flexibility index (Phi) is 7.04. The Hall–Kier alpha value is 1.20. The van der Waals surface area contributed by atoms with Crippen LogP contribution < -0.4 is 4.74 Å². The van der Waals surface area contributed by atoms with Crippen molar-refractivity contribution >= 4 is 93.6 Å². The summed E-state index contributed by atoms with van der Waals surface area (Å²) in [5, 5.41) is -0.201. The minimum atomic E-state index is -2.00. The average Bonchev–Trinajstić information content (AvgIpc) is 1.97. The van der Waals surface area contributed by atoms with Gasteiger partial charge >= 0.3 is 3.98 Å². The average molecular weight is 402 g/mol. The van der Waals surface area contributed by atoms with Gasteiger partial charge in [-0.3, -0.25) is 0 Å². The van der Waals surface area contributed by atoms with Crippen molar-refractivity contribution in [2.75, 3.05) is 0 Å². The number of halogens is 8. The summed E-state index contributed by atoms with van der Waals surface area (Å²) >= 11 is 38.6. The zero-order valence-corrected chi connectivity index (χ0v) is 13.5. The van der Waals surface area contributed by atoms with E-state index in [9.17, 15) is 0 Å². The van der Waals surface area contributed by atoms with Crippen LogP contribution in [-0.2, 0) is 3.79 Å². The molecule has 0 aliphatic rings. The molecule has 0 N–H and O–H groups in total. The van der Waals surface area contributed by atoms with Crippen molar-refractivity contribution in [3.8, 4) is 5.88 Å². The lowest BCUT2D eigenvalue weighted by atomic mass is 10.4. The van der Waals surface area contributed by atoms with Crippen molar-refractivity contribution in [2.45, 2.75) is 7.77 Å². The summed E-state index contributed by atoms with van der Waals surface area (Å²) in [7, 11) is 0. The zero-order valence-electron chi connectivity index (χ0n) is 7.43. The van der Waals surface area contributed by atoms with Crippen LogP contribution in [0.5, 0.6) is 5.88 Å². The molecule has 0 aromatic carbocycles. The normalized spacial score (nSPS) is 11.9. The fourth-order valence-corrected chi connectivity index (χ4v) is 1.41. The number of rotatable bonds is 1. The fraction of sp³-hybridized carbons (Fsp3) is 0.333. The van der Waals surface area contributed by atoms with Crippen LogP contribution in [0.2, 0.25) is 5.28 Å². The minimum absolute atomic E-state index is 0. The number of alkyl halides is 6. The first-order valence-electron chi connectivity index (χ1n) is 3.45. The van der Waals surface area contributed by atoms with Crippen LogP contribution in [0.25, 0.3) is 0 Å². The first-order chi connectivity index (χ1) is 7.08. The maximum absolute atomic E-state index is 5.60. The van der Waals surface area contributed by atoms with Crippen LogP contribution in [0.1, 0.15) is 5.69 Å². The lowest BCUT2D eigenvalue weighted by molar-refractivity contribution is 0.306. The molecule has 0 aliphatic heterocycles. The molecule has 1 aromatic rings. The highest BCUT2D eigenvalue weighted by molar-refractivity contribution is 6.67. The molecule has 1 rings (SSSR count). The molecule has 0 unspecified atom stereocenters. The van der Waals surface area contributed by atoms with Gasteiger partial charge in [-0.05, 0) is 46.4 Å². The monoisotopic (exact) mass is 398 g/mol. The zero-order chi connectivity index (χ0) is 12.6. The molecule has 1 aromatic heterocycles. The summed E-state index contributed by atoms with van der Waals surface area (Å²) in [4.78, 5) is 7.32. The first-order valence-corrected chi connectivity index (χ1v) is 6.10. The summed E-state index contributed by atoms with van der Waals surface area (Å²) in [6.45, 7) is 0. The van der Waals surface area contributed by atoms with Gasteiger partial charge in [-0.2, -0.15) is 4.98 Å². The molecule has 11 heteroatoms. The van der Waals surface area contributed by atoms with Gasteiger partial charge in [0.05, 0.1) is 0 Å². The summed E-state index contributed by atoms with van der Waals surface area (Å²) in [6, 6.07) is 1.20. The second kappa shape index (κ2) is 6.58. The second-order valence-corrected chi connectivity index (χ2v) is 7.20. The lowest BCUT2D eigenvalue weighted by Crippen LogP contribution is -2.15. The summed E-state index contributed by atoms with van der Waals surface area (Å²) < 4.78 is 1.03. The van der Waals surface area contributed by atoms with Crippen LogP contribution in [0.15, 0.2) is 6.07 Å². The molecule has 3 nitrogen and oxygen atoms in total. The van der Waals surface area contributed by atoms with Gasteiger partial charge in [0.2, 0.25) is 15.0 Å². The molecule has 0 spiro atoms. The van der Waals surface area contributed by atoms with Crippen LogP contribution in [0.3, 0.4) is 0 Å². The van der Waals surface area contributed by atoms with E-state index in [4.69, 9.17) is 85.9 Å². The number of aromatic nitrogens is 2. The molecule has 0 fully saturated rings. The number of hydrogen-bond acceptors (Lipinski definition) is 3. The van der Waals surface area contributed by atoms with Gasteiger partial charge in [-0.15, -0.1) is 12.4 Å². The van der Waals surface area contributed by atoms with Gasteiger partial charge in [0.15, 0.2) is 0 Å². The number of hydrogen-bond donors (Lipinski definition) is 0. The van der Waals surface area contributed by atoms with Crippen LogP contribution in [0, 0.1) is 0 Å². The standard InChI is InChI=1S/C6HCl7N2O.ClH/c7-4-14-2(5(8,9)10)1-3(15-4)16-6(11,12)13;/h1H;1H. The topological polar surface area (TPSA) is 35.0 Å². The van der Waals surface area contributed by atoms with E-state index in [0.717, 1.165) is 0 Å². The van der Waals surface area contributed by atoms with Gasteiger partial charge in [0.25, 0.3) is 0 Å². The Morgan fingerprint density at radius 2 is 1.53 bits per heavy atom. The van der Waals surface area contributed by atoms with Crippen molar-refractivity contribution in [3.05, 3.63) is 17.0 Å². The third kappa shape index (κ3) is 6.79. The molecular formula is C6H2Cl8N2O. The molecule has 0 saturated heterocycles. The molecule has 98 valence electrons. The number of ether oxygens (including phenoxy) is 1. The van der Waals surface area contributed by atoms with E-state index in [1.807, 2.05) is 0 Å². The molecule has 0 amide bonds. The Bertz CT molecular complexity index is 387. The van der Waals surface area contributed by atoms with Crippen LogP contribution in [0.4, 0.5) is 0 Å². The molecule has 0 aliphatic carbocycles. The smallest absolute Gasteiger partial charge is 0.339 e. The van der Waals surface area contributed by atoms with Crippen LogP contribution >= 0.6 is 93.6 Å². The predicted molar refractivity (Wildman–Crippen MR) is 74.4 cm³/mol. The largest absolute Gasteiger partial charge is 0.428 e. The highest BCUT2D eigenvalue weighted by atomic mass is 35.6. The SMILES string of the molecule is Cl.Clc1nc(OC(Cl)(Cl)Cl)cc(C(Cl)(Cl)Cl)n1. The summed E-state index contributed by atoms with van der Waals surface area (Å²) in [5.74, 6) is -0.124. The maximum Gasteiger partial charge on any atom is 0.339 e. The quantitative estimate of drug-likeness (QED) is 0.486. The first kappa shape index (κ1) is 18.2. The van der Waals surface area contributed by atoms with Crippen molar-refractivity contribution in [1.82, 2.24) is 9.97 Å². The van der Waals surface area contributed by atoms with E-state index in [0.29, 0.717) is 0 Å². The molecule has 0 saturated carbocycles. The molecule has 1 heterocycles. The second-order valence-electron chi connectivity index (χ2n) is 2.41. The molecule has 0 radical (unpaired) electrons. The highest BCUT2D eigenvalue weighted by Crippen LogP contribution is 2.39. The molecule has 17 heavy (non-hydrogen) atoms. The lowest BCUT2D eigenvalue weighted by Gasteiger charge is -2.15. The van der Waals surface area contributed by atoms with Crippen molar-refractivity contribution in [2.24, 2.45) is 0 Å². The van der Waals surface area contributed by atoms with E-state index in [1.54, 1.807) is 0 Å². The van der Waals surface area contributed by atoms with E-state index < -0.39 is 7.77 Å². The Morgan fingerprint density at radius 3 is 1.94 bits per heavy atom. The van der Waals surface area contributed by atoms with Crippen molar-refractivity contribution in [3.63, 3.8) is 0 Å². The van der Waals surface area contributed by atoms with Crippen LogP contribution in [-0.4, -0.2) is 13.9 Å². The van der Waals surface area contributed by atoms with E-state index in [2.05, 4.69) is 9.97 Å². The molecular weight excluding hydrogens is 400 g/mol. The summed E-state index contributed by atoms with van der Waals surface area (Å²) in [6.07, 6.45) is 0. The third-order valence-electron chi connectivity index (χ3n) is 1.19. The Balaban J connectivity index is 0.00000256. The molecule has 0 bridgehead atoms. The fourth-order valence-electron chi connectivity index (χ4n) is 0.713. The Labute approximate surface area is 138 Å². The third-order valence-corrected chi connectivity index (χ3v) is 2.17. The van der Waals surface area contributed by atoms with Gasteiger partial charge in [-0.25, -0.2) is 4.98 Å². The Morgan fingerprint density at radius 1 is 1.00 bits per heavy atom. The van der Waals surface area contributed by atoms with Gasteiger partial charge < -0.3 is 4.74 Å². The van der Waals surface area contributed by atoms with E-state index in [1.165, 1.54) is 6.07 Å². The molecule has 0 atom stereocenters. The van der Waals surface area contributed by atoms with Gasteiger partial charge in [-0.1, -0.05) is 34.8 Å². The minimum Gasteiger partial charge on any atom is -0.428 e. The van der Waals surface area contributed by atoms with Crippen molar-refractivity contribution < 1.29 is 4.74 Å². The summed E-state index contributed by atoms with van der Waals surface area (Å²) in [5.41, 5.74) is 0.00162. The van der Waals surface area contributed by atoms with Gasteiger partial charge in [0, 0.05) is 6.07 Å². The maximum atomic E-state index is 5.60.